The topological polar surface area (TPSA) is 55.0 Å². The highest BCUT2D eigenvalue weighted by molar-refractivity contribution is 5.45. The second-order valence-corrected chi connectivity index (χ2v) is 4.18. The predicted octanol–water partition coefficient (Wildman–Crippen LogP) is 2.14. The number of halogens is 1. The molecule has 0 aliphatic heterocycles. The summed E-state index contributed by atoms with van der Waals surface area (Å²) in [4.78, 5) is 10.4. The van der Waals surface area contributed by atoms with Crippen LogP contribution in [-0.2, 0) is 6.54 Å². The molecule has 0 atom stereocenters. The first kappa shape index (κ1) is 12.3. The van der Waals surface area contributed by atoms with Crippen LogP contribution in [0.5, 0.6) is 0 Å². The van der Waals surface area contributed by atoms with Crippen LogP contribution in [0.2, 0.25) is 0 Å². The van der Waals surface area contributed by atoms with Gasteiger partial charge in [-0.2, -0.15) is 0 Å². The second kappa shape index (κ2) is 5.00. The molecule has 4 nitrogen and oxygen atoms in total. The van der Waals surface area contributed by atoms with Gasteiger partial charge in [-0.25, -0.2) is 14.4 Å². The number of hydrogen-bond acceptors (Lipinski definition) is 4. The molecule has 18 heavy (non-hydrogen) atoms. The number of nitrogens with two attached hydrogens (primary N) is 1. The first-order chi connectivity index (χ1) is 8.54. The minimum Gasteiger partial charge on any atom is -0.384 e. The van der Waals surface area contributed by atoms with E-state index in [2.05, 4.69) is 9.97 Å². The molecule has 0 saturated heterocycles. The number of nitrogen functional groups attached to an aromatic ring is 1. The van der Waals surface area contributed by atoms with E-state index in [1.165, 1.54) is 12.1 Å². The number of rotatable bonds is 3. The van der Waals surface area contributed by atoms with Crippen LogP contribution >= 0.6 is 0 Å². The van der Waals surface area contributed by atoms with Gasteiger partial charge >= 0.3 is 0 Å². The summed E-state index contributed by atoms with van der Waals surface area (Å²) >= 11 is 0. The molecule has 0 aliphatic carbocycles. The second-order valence-electron chi connectivity index (χ2n) is 4.18. The van der Waals surface area contributed by atoms with Crippen LogP contribution in [0.4, 0.5) is 15.9 Å². The number of anilines is 2. The fourth-order valence-electron chi connectivity index (χ4n) is 1.73. The van der Waals surface area contributed by atoms with Crippen molar-refractivity contribution >= 4 is 11.5 Å². The summed E-state index contributed by atoms with van der Waals surface area (Å²) < 4.78 is 12.8. The van der Waals surface area contributed by atoms with E-state index in [4.69, 9.17) is 5.73 Å². The van der Waals surface area contributed by atoms with Crippen molar-refractivity contribution < 1.29 is 4.39 Å². The minimum absolute atomic E-state index is 0.247. The molecule has 2 N–H and O–H groups in total. The average Bonchev–Trinajstić information content (AvgIpc) is 2.28. The third-order valence-corrected chi connectivity index (χ3v) is 2.57. The Labute approximate surface area is 105 Å². The Morgan fingerprint density at radius 2 is 1.89 bits per heavy atom. The molecule has 94 valence electrons. The molecule has 5 heteroatoms. The number of hydrogen-bond donors (Lipinski definition) is 1. The van der Waals surface area contributed by atoms with Gasteiger partial charge in [0.1, 0.15) is 17.5 Å². The highest BCUT2D eigenvalue weighted by Crippen LogP contribution is 2.15. The largest absolute Gasteiger partial charge is 0.384 e. The first-order valence-corrected chi connectivity index (χ1v) is 5.61. The van der Waals surface area contributed by atoms with Gasteiger partial charge in [0.25, 0.3) is 0 Å². The Bertz CT molecular complexity index is 519. The van der Waals surface area contributed by atoms with E-state index in [1.807, 2.05) is 18.9 Å². The molecule has 0 unspecified atom stereocenters. The van der Waals surface area contributed by atoms with Gasteiger partial charge in [-0.05, 0) is 31.2 Å². The fourth-order valence-corrected chi connectivity index (χ4v) is 1.73. The lowest BCUT2D eigenvalue weighted by Crippen LogP contribution is -2.19. The van der Waals surface area contributed by atoms with Crippen LogP contribution < -0.4 is 10.6 Å². The molecule has 0 bridgehead atoms. The van der Waals surface area contributed by atoms with Crippen LogP contribution in [0.1, 0.15) is 11.5 Å². The number of nitrogens with zero attached hydrogens (tertiary/aromatic N) is 3. The summed E-state index contributed by atoms with van der Waals surface area (Å²) in [6.07, 6.45) is 0. The summed E-state index contributed by atoms with van der Waals surface area (Å²) in [7, 11) is 1.90. The van der Waals surface area contributed by atoms with Crippen molar-refractivity contribution in [3.05, 3.63) is 47.7 Å². The Hall–Kier alpha value is -2.17. The fraction of sp³-hybridized carbons (Fsp3) is 0.231. The maximum absolute atomic E-state index is 12.8. The van der Waals surface area contributed by atoms with Crippen LogP contribution in [0.25, 0.3) is 0 Å². The number of aromatic nitrogens is 2. The molecule has 0 spiro atoms. The highest BCUT2D eigenvalue weighted by atomic mass is 19.1. The first-order valence-electron chi connectivity index (χ1n) is 5.61. The van der Waals surface area contributed by atoms with Crippen molar-refractivity contribution in [3.8, 4) is 0 Å². The molecule has 0 radical (unpaired) electrons. The van der Waals surface area contributed by atoms with Crippen molar-refractivity contribution in [2.24, 2.45) is 0 Å². The van der Waals surface area contributed by atoms with Gasteiger partial charge < -0.3 is 10.6 Å². The van der Waals surface area contributed by atoms with E-state index < -0.39 is 0 Å². The molecule has 0 aliphatic rings. The van der Waals surface area contributed by atoms with Gasteiger partial charge in [-0.3, -0.25) is 0 Å². The summed E-state index contributed by atoms with van der Waals surface area (Å²) in [5.41, 5.74) is 7.42. The zero-order chi connectivity index (χ0) is 13.1. The highest BCUT2D eigenvalue weighted by Gasteiger charge is 2.06. The summed E-state index contributed by atoms with van der Waals surface area (Å²) in [5, 5.41) is 0. The zero-order valence-electron chi connectivity index (χ0n) is 10.4. The molecule has 1 aromatic carbocycles. The van der Waals surface area contributed by atoms with Crippen LogP contribution in [0.15, 0.2) is 30.3 Å². The van der Waals surface area contributed by atoms with Gasteiger partial charge in [-0.15, -0.1) is 0 Å². The van der Waals surface area contributed by atoms with E-state index in [-0.39, 0.29) is 5.82 Å². The predicted molar refractivity (Wildman–Crippen MR) is 69.7 cm³/mol. The van der Waals surface area contributed by atoms with Gasteiger partial charge in [0.2, 0.25) is 0 Å². The van der Waals surface area contributed by atoms with Crippen molar-refractivity contribution in [2.45, 2.75) is 13.5 Å². The number of aryl methyl sites for hydroxylation is 1. The molecule has 1 heterocycles. The van der Waals surface area contributed by atoms with Gasteiger partial charge in [0, 0.05) is 24.5 Å². The lowest BCUT2D eigenvalue weighted by atomic mass is 10.3. The Kier molecular flexibility index (Phi) is 3.41. The molecular weight excluding hydrogens is 231 g/mol. The van der Waals surface area contributed by atoms with Crippen molar-refractivity contribution in [1.29, 1.82) is 0 Å². The minimum atomic E-state index is -0.247. The molecule has 2 rings (SSSR count). The lowest BCUT2D eigenvalue weighted by molar-refractivity contribution is 0.627. The maximum atomic E-state index is 12.8. The molecule has 0 fully saturated rings. The molecule has 0 saturated carbocycles. The Morgan fingerprint density at radius 3 is 2.50 bits per heavy atom. The van der Waals surface area contributed by atoms with Crippen LogP contribution in [-0.4, -0.2) is 17.0 Å². The van der Waals surface area contributed by atoms with Crippen LogP contribution in [0, 0.1) is 12.7 Å². The SMILES string of the molecule is Cc1cc(N)nc(CN(C)c2ccc(F)cc2)n1. The normalized spacial score (nSPS) is 10.4. The summed E-state index contributed by atoms with van der Waals surface area (Å²) in [5.74, 6) is 0.868. The zero-order valence-corrected chi connectivity index (χ0v) is 10.4. The van der Waals surface area contributed by atoms with Gasteiger partial charge in [0.15, 0.2) is 0 Å². The van der Waals surface area contributed by atoms with Gasteiger partial charge in [-0.1, -0.05) is 0 Å². The maximum Gasteiger partial charge on any atom is 0.150 e. The molecular formula is C13H15FN4. The standard InChI is InChI=1S/C13H15FN4/c1-9-7-12(15)17-13(16-9)8-18(2)11-5-3-10(14)4-6-11/h3-7H,8H2,1-2H3,(H2,15,16,17). The average molecular weight is 246 g/mol. The van der Waals surface area contributed by atoms with E-state index >= 15 is 0 Å². The van der Waals surface area contributed by atoms with Crippen molar-refractivity contribution in [3.63, 3.8) is 0 Å². The van der Waals surface area contributed by atoms with E-state index in [9.17, 15) is 4.39 Å². The third kappa shape index (κ3) is 2.94. The Morgan fingerprint density at radius 1 is 1.22 bits per heavy atom. The smallest absolute Gasteiger partial charge is 0.150 e. The quantitative estimate of drug-likeness (QED) is 0.901. The van der Waals surface area contributed by atoms with E-state index in [0.29, 0.717) is 18.2 Å². The van der Waals surface area contributed by atoms with Gasteiger partial charge in [0.05, 0.1) is 6.54 Å². The lowest BCUT2D eigenvalue weighted by Gasteiger charge is -2.18. The van der Waals surface area contributed by atoms with Crippen molar-refractivity contribution in [1.82, 2.24) is 9.97 Å². The molecule has 0 amide bonds. The monoisotopic (exact) mass is 246 g/mol. The van der Waals surface area contributed by atoms with E-state index in [1.54, 1.807) is 18.2 Å². The molecule has 1 aromatic heterocycles. The number of benzene rings is 1. The Balaban J connectivity index is 2.15. The van der Waals surface area contributed by atoms with Crippen molar-refractivity contribution in [2.75, 3.05) is 17.7 Å². The summed E-state index contributed by atoms with van der Waals surface area (Å²) in [6, 6.07) is 8.01. The van der Waals surface area contributed by atoms with E-state index in [0.717, 1.165) is 11.4 Å². The molecule has 2 aromatic rings. The van der Waals surface area contributed by atoms with Crippen LogP contribution in [0.3, 0.4) is 0 Å². The summed E-state index contributed by atoms with van der Waals surface area (Å²) in [6.45, 7) is 2.40. The third-order valence-electron chi connectivity index (χ3n) is 2.57.